The number of guanidine groups is 1. The number of nitrogens with one attached hydrogen (secondary N) is 2. The molecule has 0 bridgehead atoms. The maximum absolute atomic E-state index is 12.6. The number of nitrogens with zero attached hydrogens (tertiary/aromatic N) is 2. The fourth-order valence-corrected chi connectivity index (χ4v) is 6.09. The number of thioether (sulfide) groups is 1. The highest BCUT2D eigenvalue weighted by Gasteiger charge is 2.26. The summed E-state index contributed by atoms with van der Waals surface area (Å²) >= 11 is 2.02. The molecule has 6 nitrogen and oxygen atoms in total. The Balaban J connectivity index is 0.00000280. The molecule has 2 aliphatic rings. The summed E-state index contributed by atoms with van der Waals surface area (Å²) in [6, 6.07) is 7.13. The summed E-state index contributed by atoms with van der Waals surface area (Å²) in [5.41, 5.74) is 1.00. The third-order valence-electron chi connectivity index (χ3n) is 4.91. The number of halogens is 1. The number of aliphatic imine (C=N–C) groups is 1. The highest BCUT2D eigenvalue weighted by atomic mass is 127. The van der Waals surface area contributed by atoms with Crippen LogP contribution in [-0.4, -0.2) is 55.9 Å². The molecule has 0 amide bonds. The lowest BCUT2D eigenvalue weighted by atomic mass is 10.2. The Morgan fingerprint density at radius 2 is 1.89 bits per heavy atom. The van der Waals surface area contributed by atoms with E-state index in [9.17, 15) is 8.42 Å². The number of hydrogen-bond donors (Lipinski definition) is 2. The van der Waals surface area contributed by atoms with Gasteiger partial charge in [-0.1, -0.05) is 12.1 Å². The predicted octanol–water partition coefficient (Wildman–Crippen LogP) is 3.04. The first-order valence-electron chi connectivity index (χ1n) is 9.82. The molecule has 2 saturated heterocycles. The normalized spacial score (nSPS) is 20.8. The van der Waals surface area contributed by atoms with Crippen LogP contribution in [0.2, 0.25) is 0 Å². The smallest absolute Gasteiger partial charge is 0.243 e. The van der Waals surface area contributed by atoms with Crippen LogP contribution >= 0.6 is 35.7 Å². The Kier molecular flexibility index (Phi) is 9.85. The van der Waals surface area contributed by atoms with Crippen LogP contribution in [0, 0.1) is 0 Å². The van der Waals surface area contributed by atoms with Crippen LogP contribution in [0.3, 0.4) is 0 Å². The molecule has 0 spiro atoms. The van der Waals surface area contributed by atoms with Gasteiger partial charge >= 0.3 is 0 Å². The largest absolute Gasteiger partial charge is 0.357 e. The second-order valence-corrected chi connectivity index (χ2v) is 10.3. The van der Waals surface area contributed by atoms with Crippen molar-refractivity contribution in [2.75, 3.05) is 31.9 Å². The highest BCUT2D eigenvalue weighted by Crippen LogP contribution is 2.25. The van der Waals surface area contributed by atoms with Gasteiger partial charge in [-0.25, -0.2) is 13.4 Å². The molecule has 2 heterocycles. The quantitative estimate of drug-likeness (QED) is 0.317. The van der Waals surface area contributed by atoms with Crippen molar-refractivity contribution < 1.29 is 8.42 Å². The minimum atomic E-state index is -3.34. The van der Waals surface area contributed by atoms with Gasteiger partial charge in [-0.15, -0.1) is 24.0 Å². The van der Waals surface area contributed by atoms with E-state index in [0.29, 0.717) is 29.8 Å². The summed E-state index contributed by atoms with van der Waals surface area (Å²) < 4.78 is 26.7. The molecule has 1 aromatic rings. The number of benzene rings is 1. The number of sulfonamides is 1. The van der Waals surface area contributed by atoms with Gasteiger partial charge in [-0.05, 0) is 56.1 Å². The Hall–Kier alpha value is -0.520. The van der Waals surface area contributed by atoms with E-state index in [2.05, 4.69) is 22.5 Å². The summed E-state index contributed by atoms with van der Waals surface area (Å²) in [4.78, 5) is 5.01. The minimum absolute atomic E-state index is 0. The van der Waals surface area contributed by atoms with Crippen molar-refractivity contribution in [3.05, 3.63) is 29.8 Å². The van der Waals surface area contributed by atoms with E-state index in [-0.39, 0.29) is 24.0 Å². The van der Waals surface area contributed by atoms with Gasteiger partial charge in [-0.2, -0.15) is 16.1 Å². The zero-order valence-corrected chi connectivity index (χ0v) is 20.4. The zero-order valence-electron chi connectivity index (χ0n) is 16.4. The van der Waals surface area contributed by atoms with Crippen LogP contribution in [0.15, 0.2) is 34.2 Å². The van der Waals surface area contributed by atoms with E-state index in [1.54, 1.807) is 16.4 Å². The molecule has 9 heteroatoms. The van der Waals surface area contributed by atoms with Crippen LogP contribution in [0.5, 0.6) is 0 Å². The monoisotopic (exact) mass is 538 g/mol. The van der Waals surface area contributed by atoms with Crippen molar-refractivity contribution in [1.82, 2.24) is 14.9 Å². The van der Waals surface area contributed by atoms with Crippen LogP contribution in [0.4, 0.5) is 0 Å². The topological polar surface area (TPSA) is 73.8 Å². The van der Waals surface area contributed by atoms with Gasteiger partial charge in [0.2, 0.25) is 10.0 Å². The van der Waals surface area contributed by atoms with E-state index in [4.69, 9.17) is 0 Å². The molecule has 0 saturated carbocycles. The van der Waals surface area contributed by atoms with Gasteiger partial charge in [0.05, 0.1) is 11.4 Å². The molecular weight excluding hydrogens is 507 g/mol. The molecule has 1 atom stereocenters. The van der Waals surface area contributed by atoms with Crippen LogP contribution in [-0.2, 0) is 16.6 Å². The van der Waals surface area contributed by atoms with Gasteiger partial charge < -0.3 is 10.6 Å². The fraction of sp³-hybridized carbons (Fsp3) is 0.632. The second-order valence-electron chi connectivity index (χ2n) is 6.97. The van der Waals surface area contributed by atoms with Crippen molar-refractivity contribution in [3.8, 4) is 0 Å². The highest BCUT2D eigenvalue weighted by molar-refractivity contribution is 14.0. The first kappa shape index (κ1) is 23.8. The standard InChI is InChI=1S/C19H30N4O2S2.HI/c1-2-20-19(22-15-17-6-5-13-26-17)21-14-16-7-9-18(10-8-16)27(24,25)23-11-3-4-12-23;/h7-10,17H,2-6,11-15H2,1H3,(H2,20,21,22);1H. The molecule has 158 valence electrons. The lowest BCUT2D eigenvalue weighted by Crippen LogP contribution is -2.40. The molecule has 0 aromatic heterocycles. The van der Waals surface area contributed by atoms with Crippen molar-refractivity contribution in [2.24, 2.45) is 4.99 Å². The Morgan fingerprint density at radius 3 is 2.50 bits per heavy atom. The van der Waals surface area contributed by atoms with Crippen molar-refractivity contribution in [3.63, 3.8) is 0 Å². The van der Waals surface area contributed by atoms with Crippen LogP contribution in [0.1, 0.15) is 38.2 Å². The van der Waals surface area contributed by atoms with E-state index >= 15 is 0 Å². The SMILES string of the molecule is CCNC(=NCc1ccc(S(=O)(=O)N2CCCC2)cc1)NCC1CCCS1.I. The summed E-state index contributed by atoms with van der Waals surface area (Å²) in [7, 11) is -3.34. The average molecular weight is 539 g/mol. The van der Waals surface area contributed by atoms with Gasteiger partial charge in [0.25, 0.3) is 0 Å². The summed E-state index contributed by atoms with van der Waals surface area (Å²) in [5.74, 6) is 2.07. The van der Waals surface area contributed by atoms with Crippen LogP contribution < -0.4 is 10.6 Å². The predicted molar refractivity (Wildman–Crippen MR) is 128 cm³/mol. The Labute approximate surface area is 190 Å². The first-order valence-corrected chi connectivity index (χ1v) is 12.3. The fourth-order valence-electron chi connectivity index (χ4n) is 3.37. The average Bonchev–Trinajstić information content (AvgIpc) is 3.38. The minimum Gasteiger partial charge on any atom is -0.357 e. The van der Waals surface area contributed by atoms with E-state index < -0.39 is 10.0 Å². The number of rotatable bonds is 7. The molecule has 2 fully saturated rings. The summed E-state index contributed by atoms with van der Waals surface area (Å²) in [6.45, 7) is 5.59. The molecule has 2 aliphatic heterocycles. The molecular formula is C19H31IN4O2S2. The Morgan fingerprint density at radius 1 is 1.18 bits per heavy atom. The number of hydrogen-bond acceptors (Lipinski definition) is 4. The third kappa shape index (κ3) is 6.50. The lowest BCUT2D eigenvalue weighted by molar-refractivity contribution is 0.477. The zero-order chi connectivity index (χ0) is 19.1. The van der Waals surface area contributed by atoms with Crippen molar-refractivity contribution in [1.29, 1.82) is 0 Å². The first-order chi connectivity index (χ1) is 13.1. The maximum atomic E-state index is 12.6. The second kappa shape index (κ2) is 11.6. The van der Waals surface area contributed by atoms with Crippen molar-refractivity contribution in [2.45, 2.75) is 49.3 Å². The molecule has 1 aromatic carbocycles. The Bertz CT molecular complexity index is 729. The van der Waals surface area contributed by atoms with Gasteiger partial charge in [-0.3, -0.25) is 0 Å². The molecule has 3 rings (SSSR count). The summed E-state index contributed by atoms with van der Waals surface area (Å²) in [5, 5.41) is 7.37. The van der Waals surface area contributed by atoms with E-state index in [0.717, 1.165) is 37.5 Å². The third-order valence-corrected chi connectivity index (χ3v) is 8.22. The van der Waals surface area contributed by atoms with Gasteiger partial charge in [0, 0.05) is 31.4 Å². The van der Waals surface area contributed by atoms with E-state index in [1.807, 2.05) is 23.9 Å². The molecule has 2 N–H and O–H groups in total. The molecule has 1 unspecified atom stereocenters. The molecule has 0 radical (unpaired) electrons. The summed E-state index contributed by atoms with van der Waals surface area (Å²) in [6.07, 6.45) is 4.47. The lowest BCUT2D eigenvalue weighted by Gasteiger charge is -2.16. The van der Waals surface area contributed by atoms with Crippen molar-refractivity contribution >= 4 is 51.7 Å². The van der Waals surface area contributed by atoms with Crippen LogP contribution in [0.25, 0.3) is 0 Å². The maximum Gasteiger partial charge on any atom is 0.243 e. The van der Waals surface area contributed by atoms with E-state index in [1.165, 1.54) is 18.6 Å². The van der Waals surface area contributed by atoms with Gasteiger partial charge in [0.1, 0.15) is 0 Å². The molecule has 28 heavy (non-hydrogen) atoms. The molecule has 0 aliphatic carbocycles. The van der Waals surface area contributed by atoms with Gasteiger partial charge in [0.15, 0.2) is 5.96 Å².